The summed E-state index contributed by atoms with van der Waals surface area (Å²) >= 11 is 1.35. The van der Waals surface area contributed by atoms with Crippen molar-refractivity contribution in [1.82, 2.24) is 0 Å². The molecule has 0 bridgehead atoms. The van der Waals surface area contributed by atoms with Crippen LogP contribution in [0.15, 0.2) is 24.3 Å². The second-order valence-electron chi connectivity index (χ2n) is 2.64. The predicted molar refractivity (Wildman–Crippen MR) is 61.6 cm³/mol. The first-order valence-electron chi connectivity index (χ1n) is 3.71. The molecule has 1 rings (SSSR count). The van der Waals surface area contributed by atoms with Crippen LogP contribution >= 0.6 is 24.2 Å². The van der Waals surface area contributed by atoms with Crippen molar-refractivity contribution in [1.29, 1.82) is 5.41 Å². The van der Waals surface area contributed by atoms with Gasteiger partial charge in [-0.2, -0.15) is 0 Å². The maximum atomic E-state index is 7.03. The van der Waals surface area contributed by atoms with Gasteiger partial charge in [0.05, 0.1) is 0 Å². The number of rotatable bonds is 2. The monoisotopic (exact) mass is 216 g/mol. The van der Waals surface area contributed by atoms with Crippen molar-refractivity contribution in [3.8, 4) is 0 Å². The molecule has 0 atom stereocenters. The number of benzene rings is 1. The average molecular weight is 217 g/mol. The molecule has 0 spiro atoms. The van der Waals surface area contributed by atoms with Crippen LogP contribution in [0.2, 0.25) is 0 Å². The minimum Gasteiger partial charge on any atom is -0.379 e. The quantitative estimate of drug-likeness (QED) is 0.590. The summed E-state index contributed by atoms with van der Waals surface area (Å²) in [5.41, 5.74) is 7.68. The van der Waals surface area contributed by atoms with Gasteiger partial charge in [0.25, 0.3) is 0 Å². The van der Waals surface area contributed by atoms with Crippen molar-refractivity contribution in [3.63, 3.8) is 0 Å². The van der Waals surface area contributed by atoms with Crippen molar-refractivity contribution in [2.45, 2.75) is 12.7 Å². The Morgan fingerprint density at radius 2 is 1.92 bits per heavy atom. The van der Waals surface area contributed by atoms with E-state index < -0.39 is 0 Å². The number of halogens is 1. The van der Waals surface area contributed by atoms with Crippen molar-refractivity contribution in [3.05, 3.63) is 35.4 Å². The zero-order chi connectivity index (χ0) is 8.97. The van der Waals surface area contributed by atoms with Gasteiger partial charge < -0.3 is 5.73 Å². The molecule has 4 heteroatoms. The maximum absolute atomic E-state index is 7.03. The van der Waals surface area contributed by atoms with Crippen LogP contribution in [-0.4, -0.2) is 5.17 Å². The van der Waals surface area contributed by atoms with Crippen LogP contribution < -0.4 is 5.73 Å². The Kier molecular flexibility index (Phi) is 5.58. The summed E-state index contributed by atoms with van der Waals surface area (Å²) in [6, 6.07) is 8.25. The SMILES string of the molecule is Cc1ccc(CSC(=N)N)cc1.Cl. The summed E-state index contributed by atoms with van der Waals surface area (Å²) in [5.74, 6) is 0.787. The van der Waals surface area contributed by atoms with E-state index in [0.717, 1.165) is 5.75 Å². The van der Waals surface area contributed by atoms with Gasteiger partial charge in [0, 0.05) is 5.75 Å². The van der Waals surface area contributed by atoms with E-state index in [1.54, 1.807) is 0 Å². The van der Waals surface area contributed by atoms with Gasteiger partial charge in [0.1, 0.15) is 0 Å². The zero-order valence-electron chi connectivity index (χ0n) is 7.41. The fraction of sp³-hybridized carbons (Fsp3) is 0.222. The number of nitrogens with one attached hydrogen (secondary N) is 1. The Labute approximate surface area is 88.8 Å². The number of thioether (sulfide) groups is 1. The van der Waals surface area contributed by atoms with Gasteiger partial charge in [-0.25, -0.2) is 0 Å². The molecule has 0 aliphatic carbocycles. The van der Waals surface area contributed by atoms with Gasteiger partial charge in [-0.1, -0.05) is 41.6 Å². The number of nitrogens with two attached hydrogens (primary N) is 1. The van der Waals surface area contributed by atoms with Gasteiger partial charge in [-0.15, -0.1) is 12.4 Å². The second kappa shape index (κ2) is 5.89. The first kappa shape index (κ1) is 12.3. The van der Waals surface area contributed by atoms with Crippen LogP contribution in [0.3, 0.4) is 0 Å². The number of hydrogen-bond acceptors (Lipinski definition) is 2. The van der Waals surface area contributed by atoms with Crippen LogP contribution in [0.25, 0.3) is 0 Å². The third-order valence-electron chi connectivity index (χ3n) is 1.51. The van der Waals surface area contributed by atoms with E-state index in [9.17, 15) is 0 Å². The van der Waals surface area contributed by atoms with E-state index >= 15 is 0 Å². The lowest BCUT2D eigenvalue weighted by Gasteiger charge is -1.99. The molecule has 0 saturated carbocycles. The summed E-state index contributed by atoms with van der Waals surface area (Å²) in [7, 11) is 0. The van der Waals surface area contributed by atoms with Crippen LogP contribution in [0.4, 0.5) is 0 Å². The Hall–Kier alpha value is -0.670. The molecule has 0 fully saturated rings. The van der Waals surface area contributed by atoms with E-state index in [-0.39, 0.29) is 17.6 Å². The molecule has 72 valence electrons. The Morgan fingerprint density at radius 3 is 2.38 bits per heavy atom. The van der Waals surface area contributed by atoms with E-state index in [0.29, 0.717) is 0 Å². The highest BCUT2D eigenvalue weighted by Gasteiger charge is 1.94. The van der Waals surface area contributed by atoms with Crippen LogP contribution in [-0.2, 0) is 5.75 Å². The molecule has 0 heterocycles. The first-order chi connectivity index (χ1) is 5.68. The third-order valence-corrected chi connectivity index (χ3v) is 2.30. The number of hydrogen-bond donors (Lipinski definition) is 2. The Morgan fingerprint density at radius 1 is 1.38 bits per heavy atom. The van der Waals surface area contributed by atoms with Gasteiger partial charge in [0.15, 0.2) is 5.17 Å². The summed E-state index contributed by atoms with van der Waals surface area (Å²) in [4.78, 5) is 0. The molecule has 2 nitrogen and oxygen atoms in total. The normalized spacial score (nSPS) is 9.00. The molecular weight excluding hydrogens is 204 g/mol. The van der Waals surface area contributed by atoms with Crippen molar-refractivity contribution in [2.24, 2.45) is 5.73 Å². The summed E-state index contributed by atoms with van der Waals surface area (Å²) in [5, 5.41) is 7.20. The Bertz CT molecular complexity index is 271. The molecule has 13 heavy (non-hydrogen) atoms. The van der Waals surface area contributed by atoms with E-state index in [1.807, 2.05) is 0 Å². The molecule has 0 aromatic heterocycles. The molecule has 3 N–H and O–H groups in total. The molecule has 1 aromatic carbocycles. The summed E-state index contributed by atoms with van der Waals surface area (Å²) in [6.45, 7) is 2.06. The van der Waals surface area contributed by atoms with Crippen LogP contribution in [0.1, 0.15) is 11.1 Å². The smallest absolute Gasteiger partial charge is 0.151 e. The highest BCUT2D eigenvalue weighted by molar-refractivity contribution is 8.13. The molecule has 0 radical (unpaired) electrons. The van der Waals surface area contributed by atoms with Gasteiger partial charge in [0.2, 0.25) is 0 Å². The molecule has 0 saturated heterocycles. The minimum atomic E-state index is 0. The summed E-state index contributed by atoms with van der Waals surface area (Å²) < 4.78 is 0. The average Bonchev–Trinajstić information content (AvgIpc) is 2.03. The van der Waals surface area contributed by atoms with E-state index in [2.05, 4.69) is 31.2 Å². The number of amidine groups is 1. The fourth-order valence-electron chi connectivity index (χ4n) is 0.845. The molecule has 0 aliphatic heterocycles. The lowest BCUT2D eigenvalue weighted by Crippen LogP contribution is -2.03. The zero-order valence-corrected chi connectivity index (χ0v) is 9.04. The second-order valence-corrected chi connectivity index (χ2v) is 3.66. The van der Waals surface area contributed by atoms with Crippen molar-refractivity contribution in [2.75, 3.05) is 0 Å². The predicted octanol–water partition coefficient (Wildman–Crippen LogP) is 2.54. The number of aryl methyl sites for hydroxylation is 1. The standard InChI is InChI=1S/C9H12N2S.ClH/c1-7-2-4-8(5-3-7)6-12-9(10)11;/h2-5H,6H2,1H3,(H3,10,11);1H. The highest BCUT2D eigenvalue weighted by atomic mass is 35.5. The van der Waals surface area contributed by atoms with E-state index in [1.165, 1.54) is 22.9 Å². The Balaban J connectivity index is 0.00000144. The third kappa shape index (κ3) is 4.80. The lowest BCUT2D eigenvalue weighted by molar-refractivity contribution is 1.37. The van der Waals surface area contributed by atoms with Crippen molar-refractivity contribution >= 4 is 29.3 Å². The lowest BCUT2D eigenvalue weighted by atomic mass is 10.2. The van der Waals surface area contributed by atoms with E-state index in [4.69, 9.17) is 11.1 Å². The van der Waals surface area contributed by atoms with Gasteiger partial charge in [-0.05, 0) is 12.5 Å². The van der Waals surface area contributed by atoms with Crippen molar-refractivity contribution < 1.29 is 0 Å². The molecular formula is C9H13ClN2S. The fourth-order valence-corrected chi connectivity index (χ4v) is 1.36. The van der Waals surface area contributed by atoms with Gasteiger partial charge in [-0.3, -0.25) is 5.41 Å². The first-order valence-corrected chi connectivity index (χ1v) is 4.69. The largest absolute Gasteiger partial charge is 0.379 e. The van der Waals surface area contributed by atoms with Crippen LogP contribution in [0.5, 0.6) is 0 Å². The summed E-state index contributed by atoms with van der Waals surface area (Å²) in [6.07, 6.45) is 0. The highest BCUT2D eigenvalue weighted by Crippen LogP contribution is 2.11. The van der Waals surface area contributed by atoms with Crippen LogP contribution in [0, 0.1) is 12.3 Å². The molecule has 1 aromatic rings. The maximum Gasteiger partial charge on any atom is 0.151 e. The minimum absolute atomic E-state index is 0. The molecule has 0 amide bonds. The molecule has 0 unspecified atom stereocenters. The van der Waals surface area contributed by atoms with Gasteiger partial charge >= 0.3 is 0 Å². The molecule has 0 aliphatic rings. The topological polar surface area (TPSA) is 49.9 Å².